The maximum Gasteiger partial charge on any atom is 0.275 e. The van der Waals surface area contributed by atoms with Gasteiger partial charge in [0.1, 0.15) is 6.54 Å². The summed E-state index contributed by atoms with van der Waals surface area (Å²) in [5, 5.41) is 8.63. The molecule has 1 atom stereocenters. The summed E-state index contributed by atoms with van der Waals surface area (Å²) in [4.78, 5) is 24.5. The molecule has 3 N–H and O–H groups in total. The van der Waals surface area contributed by atoms with Crippen molar-refractivity contribution in [3.63, 3.8) is 0 Å². The lowest BCUT2D eigenvalue weighted by Gasteiger charge is -2.17. The first-order valence-electron chi connectivity index (χ1n) is 8.40. The molecule has 0 radical (unpaired) electrons. The summed E-state index contributed by atoms with van der Waals surface area (Å²) in [6.45, 7) is 1.75. The van der Waals surface area contributed by atoms with Gasteiger partial charge in [-0.05, 0) is 30.8 Å². The number of rotatable bonds is 4. The minimum Gasteiger partial charge on any atom is -0.355 e. The molecule has 7 nitrogen and oxygen atoms in total. The molecule has 3 rings (SSSR count). The van der Waals surface area contributed by atoms with Crippen LogP contribution in [0.4, 0.5) is 0 Å². The Balaban J connectivity index is 1.55. The van der Waals surface area contributed by atoms with Gasteiger partial charge in [0.15, 0.2) is 5.11 Å². The van der Waals surface area contributed by atoms with Crippen molar-refractivity contribution in [1.82, 2.24) is 25.9 Å². The quantitative estimate of drug-likeness (QED) is 0.471. The number of thiocarbonyl (C=S) groups is 1. The SMILES string of the molecule is C[C@@H](NC(=S)NNC(=O)Cn1ncc2ccccc2c1=O)c1ccccc1. The lowest BCUT2D eigenvalue weighted by atomic mass is 10.1. The molecule has 0 aliphatic carbocycles. The van der Waals surface area contributed by atoms with E-state index in [1.54, 1.807) is 24.4 Å². The van der Waals surface area contributed by atoms with Gasteiger partial charge in [-0.25, -0.2) is 4.68 Å². The van der Waals surface area contributed by atoms with E-state index in [-0.39, 0.29) is 23.3 Å². The second kappa shape index (κ2) is 8.41. The van der Waals surface area contributed by atoms with E-state index >= 15 is 0 Å². The first-order chi connectivity index (χ1) is 13.0. The Morgan fingerprint density at radius 2 is 1.81 bits per heavy atom. The summed E-state index contributed by atoms with van der Waals surface area (Å²) in [6, 6.07) is 16.9. The Kier molecular flexibility index (Phi) is 5.77. The van der Waals surface area contributed by atoms with Gasteiger partial charge in [0, 0.05) is 5.39 Å². The van der Waals surface area contributed by atoms with Crippen LogP contribution in [-0.4, -0.2) is 20.8 Å². The van der Waals surface area contributed by atoms with E-state index in [1.165, 1.54) is 0 Å². The molecule has 0 saturated carbocycles. The average Bonchev–Trinajstić information content (AvgIpc) is 2.69. The zero-order valence-corrected chi connectivity index (χ0v) is 15.5. The summed E-state index contributed by atoms with van der Waals surface area (Å²) in [5.41, 5.74) is 5.86. The van der Waals surface area contributed by atoms with Crippen molar-refractivity contribution in [2.45, 2.75) is 19.5 Å². The van der Waals surface area contributed by atoms with Gasteiger partial charge >= 0.3 is 0 Å². The number of fused-ring (bicyclic) bond motifs is 1. The zero-order valence-electron chi connectivity index (χ0n) is 14.7. The van der Waals surface area contributed by atoms with Crippen LogP contribution < -0.4 is 21.7 Å². The van der Waals surface area contributed by atoms with E-state index < -0.39 is 5.91 Å². The summed E-state index contributed by atoms with van der Waals surface area (Å²) < 4.78 is 1.11. The molecule has 0 bridgehead atoms. The number of carbonyl (C=O) groups is 1. The van der Waals surface area contributed by atoms with Crippen LogP contribution in [0.2, 0.25) is 0 Å². The Labute approximate surface area is 161 Å². The van der Waals surface area contributed by atoms with Gasteiger partial charge in [0.2, 0.25) is 0 Å². The van der Waals surface area contributed by atoms with Crippen LogP contribution in [0, 0.1) is 0 Å². The van der Waals surface area contributed by atoms with E-state index in [2.05, 4.69) is 21.3 Å². The molecule has 0 unspecified atom stereocenters. The lowest BCUT2D eigenvalue weighted by molar-refractivity contribution is -0.122. The smallest absolute Gasteiger partial charge is 0.275 e. The van der Waals surface area contributed by atoms with Crippen LogP contribution in [0.25, 0.3) is 10.8 Å². The predicted molar refractivity (Wildman–Crippen MR) is 108 cm³/mol. The molecule has 0 aliphatic rings. The van der Waals surface area contributed by atoms with Crippen molar-refractivity contribution in [2.24, 2.45) is 0 Å². The van der Waals surface area contributed by atoms with E-state index in [0.29, 0.717) is 5.39 Å². The number of hydrazine groups is 1. The molecule has 1 heterocycles. The van der Waals surface area contributed by atoms with Crippen LogP contribution in [0.3, 0.4) is 0 Å². The van der Waals surface area contributed by atoms with E-state index in [0.717, 1.165) is 15.6 Å². The summed E-state index contributed by atoms with van der Waals surface area (Å²) in [7, 11) is 0. The topological polar surface area (TPSA) is 88.0 Å². The first kappa shape index (κ1) is 18.5. The van der Waals surface area contributed by atoms with Crippen LogP contribution in [0.1, 0.15) is 18.5 Å². The largest absolute Gasteiger partial charge is 0.355 e. The predicted octanol–water partition coefficient (Wildman–Crippen LogP) is 1.65. The third-order valence-corrected chi connectivity index (χ3v) is 4.24. The highest BCUT2D eigenvalue weighted by Gasteiger charge is 2.10. The highest BCUT2D eigenvalue weighted by Crippen LogP contribution is 2.10. The Bertz CT molecular complexity index is 1020. The average molecular weight is 381 g/mol. The van der Waals surface area contributed by atoms with Crippen molar-refractivity contribution in [3.05, 3.63) is 76.7 Å². The minimum absolute atomic E-state index is 0.0205. The van der Waals surface area contributed by atoms with Gasteiger partial charge in [0.25, 0.3) is 11.5 Å². The summed E-state index contributed by atoms with van der Waals surface area (Å²) in [5.74, 6) is -0.434. The summed E-state index contributed by atoms with van der Waals surface area (Å²) >= 11 is 5.18. The van der Waals surface area contributed by atoms with Crippen LogP contribution in [0.15, 0.2) is 65.6 Å². The van der Waals surface area contributed by atoms with E-state index in [1.807, 2.05) is 43.3 Å². The van der Waals surface area contributed by atoms with Crippen molar-refractivity contribution in [1.29, 1.82) is 0 Å². The number of benzene rings is 2. The van der Waals surface area contributed by atoms with Crippen molar-refractivity contribution in [3.8, 4) is 0 Å². The zero-order chi connectivity index (χ0) is 19.2. The molecular formula is C19H19N5O2S. The van der Waals surface area contributed by atoms with Crippen LogP contribution in [0.5, 0.6) is 0 Å². The monoisotopic (exact) mass is 381 g/mol. The molecule has 3 aromatic rings. The summed E-state index contributed by atoms with van der Waals surface area (Å²) in [6.07, 6.45) is 1.56. The molecule has 0 aliphatic heterocycles. The van der Waals surface area contributed by atoms with E-state index in [4.69, 9.17) is 12.2 Å². The number of hydrogen-bond donors (Lipinski definition) is 3. The Morgan fingerprint density at radius 1 is 1.11 bits per heavy atom. The molecule has 1 aromatic heterocycles. The van der Waals surface area contributed by atoms with Crippen molar-refractivity contribution in [2.75, 3.05) is 0 Å². The maximum absolute atomic E-state index is 12.4. The number of carbonyl (C=O) groups excluding carboxylic acids is 1. The molecule has 2 aromatic carbocycles. The van der Waals surface area contributed by atoms with E-state index in [9.17, 15) is 9.59 Å². The maximum atomic E-state index is 12.4. The van der Waals surface area contributed by atoms with Crippen LogP contribution in [-0.2, 0) is 11.3 Å². The van der Waals surface area contributed by atoms with Crippen LogP contribution >= 0.6 is 12.2 Å². The number of nitrogens with one attached hydrogen (secondary N) is 3. The molecule has 1 amide bonds. The van der Waals surface area contributed by atoms with Gasteiger partial charge < -0.3 is 5.32 Å². The lowest BCUT2D eigenvalue weighted by Crippen LogP contribution is -2.48. The van der Waals surface area contributed by atoms with Gasteiger partial charge in [-0.1, -0.05) is 48.5 Å². The number of aromatic nitrogens is 2. The number of hydrogen-bond acceptors (Lipinski definition) is 4. The molecule has 8 heteroatoms. The van der Waals surface area contributed by atoms with Crippen molar-refractivity contribution < 1.29 is 4.79 Å². The van der Waals surface area contributed by atoms with Crippen molar-refractivity contribution >= 4 is 34.0 Å². The third kappa shape index (κ3) is 4.68. The molecule has 0 fully saturated rings. The first-order valence-corrected chi connectivity index (χ1v) is 8.80. The van der Waals surface area contributed by atoms with Gasteiger partial charge in [-0.2, -0.15) is 5.10 Å². The normalized spacial score (nSPS) is 11.6. The second-order valence-corrected chi connectivity index (χ2v) is 6.38. The minimum atomic E-state index is -0.434. The molecule has 27 heavy (non-hydrogen) atoms. The molecule has 0 saturated heterocycles. The Morgan fingerprint density at radius 3 is 2.59 bits per heavy atom. The van der Waals surface area contributed by atoms with Gasteiger partial charge in [0.05, 0.1) is 17.6 Å². The fourth-order valence-electron chi connectivity index (χ4n) is 2.60. The highest BCUT2D eigenvalue weighted by atomic mass is 32.1. The Hall–Kier alpha value is -3.26. The second-order valence-electron chi connectivity index (χ2n) is 5.97. The fraction of sp³-hybridized carbons (Fsp3) is 0.158. The molecule has 138 valence electrons. The number of nitrogens with zero attached hydrogens (tertiary/aromatic N) is 2. The van der Waals surface area contributed by atoms with Gasteiger partial charge in [-0.15, -0.1) is 0 Å². The fourth-order valence-corrected chi connectivity index (χ4v) is 2.83. The highest BCUT2D eigenvalue weighted by molar-refractivity contribution is 7.80. The van der Waals surface area contributed by atoms with Gasteiger partial charge in [-0.3, -0.25) is 20.4 Å². The molecular weight excluding hydrogens is 362 g/mol. The third-order valence-electron chi connectivity index (χ3n) is 4.02. The molecule has 0 spiro atoms. The number of amides is 1. The standard InChI is InChI=1S/C19H19N5O2S/c1-13(14-7-3-2-4-8-14)21-19(27)23-22-17(25)12-24-18(26)16-10-6-5-9-15(16)11-20-24/h2-11,13H,12H2,1H3,(H,22,25)(H2,21,23,27)/t13-/m1/s1.